The number of Topliss-reactive ketones (excluding diaryl/α,β-unsaturated/α-hetero) is 1. The Hall–Kier alpha value is -0.850. The summed E-state index contributed by atoms with van der Waals surface area (Å²) in [6.07, 6.45) is 0.366. The van der Waals surface area contributed by atoms with Crippen LogP contribution in [-0.2, 0) is 16.0 Å². The molecule has 0 bridgehead atoms. The second-order valence-corrected chi connectivity index (χ2v) is 5.09. The molecule has 0 saturated heterocycles. The summed E-state index contributed by atoms with van der Waals surface area (Å²) in [4.78, 5) is 23.1. The van der Waals surface area contributed by atoms with Gasteiger partial charge in [-0.15, -0.1) is 11.8 Å². The highest BCUT2D eigenvalue weighted by molar-refractivity contribution is 9.09. The van der Waals surface area contributed by atoms with Gasteiger partial charge in [-0.1, -0.05) is 22.0 Å². The summed E-state index contributed by atoms with van der Waals surface area (Å²) in [6.45, 7) is 0. The molecule has 0 spiro atoms. The van der Waals surface area contributed by atoms with Gasteiger partial charge in [0, 0.05) is 11.3 Å². The summed E-state index contributed by atoms with van der Waals surface area (Å²) in [5.41, 5.74) is 0.829. The van der Waals surface area contributed by atoms with Crippen LogP contribution in [0.4, 0.5) is 0 Å². The maximum atomic E-state index is 11.4. The maximum Gasteiger partial charge on any atom is 0.337 e. The van der Waals surface area contributed by atoms with E-state index in [4.69, 9.17) is 5.11 Å². The van der Waals surface area contributed by atoms with Crippen LogP contribution in [0, 0.1) is 0 Å². The van der Waals surface area contributed by atoms with E-state index in [1.807, 2.05) is 6.26 Å². The first-order valence-electron chi connectivity index (χ1n) is 5.15. The summed E-state index contributed by atoms with van der Waals surface area (Å²) in [7, 11) is 0. The molecule has 0 radical (unpaired) electrons. The fourth-order valence-electron chi connectivity index (χ4n) is 1.51. The third-order valence-corrected chi connectivity index (χ3v) is 3.77. The zero-order valence-electron chi connectivity index (χ0n) is 9.72. The molecule has 0 amide bonds. The van der Waals surface area contributed by atoms with Crippen molar-refractivity contribution >= 4 is 39.4 Å². The molecule has 0 heterocycles. The van der Waals surface area contributed by atoms with Crippen molar-refractivity contribution in [3.05, 3.63) is 29.3 Å². The zero-order chi connectivity index (χ0) is 13.7. The number of aliphatic carboxylic acids is 1. The first-order valence-corrected chi connectivity index (χ1v) is 7.49. The van der Waals surface area contributed by atoms with Gasteiger partial charge in [-0.25, -0.2) is 4.79 Å². The molecule has 4 nitrogen and oxygen atoms in total. The molecular formula is C12H13BrO4S. The Bertz CT molecular complexity index is 461. The minimum atomic E-state index is -1.60. The summed E-state index contributed by atoms with van der Waals surface area (Å²) in [6, 6.07) is 5.10. The van der Waals surface area contributed by atoms with Gasteiger partial charge in [0.25, 0.3) is 0 Å². The number of alkyl halides is 1. The van der Waals surface area contributed by atoms with Crippen LogP contribution in [0.15, 0.2) is 23.1 Å². The number of carboxylic acids is 1. The van der Waals surface area contributed by atoms with Crippen molar-refractivity contribution in [3.63, 3.8) is 0 Å². The van der Waals surface area contributed by atoms with Gasteiger partial charge in [-0.2, -0.15) is 0 Å². The molecule has 0 aliphatic heterocycles. The van der Waals surface area contributed by atoms with Crippen molar-refractivity contribution in [2.24, 2.45) is 0 Å². The van der Waals surface area contributed by atoms with E-state index >= 15 is 0 Å². The largest absolute Gasteiger partial charge is 0.479 e. The van der Waals surface area contributed by atoms with Crippen molar-refractivity contribution in [3.8, 4) is 0 Å². The van der Waals surface area contributed by atoms with E-state index in [-0.39, 0.29) is 23.1 Å². The predicted molar refractivity (Wildman–Crippen MR) is 73.3 cm³/mol. The summed E-state index contributed by atoms with van der Waals surface area (Å²) in [5, 5.41) is 18.7. The predicted octanol–water partition coefficient (Wildman–Crippen LogP) is 2.03. The Morgan fingerprint density at radius 3 is 2.61 bits per heavy atom. The molecule has 1 aromatic rings. The lowest BCUT2D eigenvalue weighted by Gasteiger charge is -2.13. The Balaban J connectivity index is 3.15. The lowest BCUT2D eigenvalue weighted by Crippen LogP contribution is -2.15. The smallest absolute Gasteiger partial charge is 0.337 e. The Labute approximate surface area is 118 Å². The van der Waals surface area contributed by atoms with Crippen molar-refractivity contribution in [2.75, 3.05) is 11.6 Å². The molecule has 2 N–H and O–H groups in total. The highest BCUT2D eigenvalue weighted by Gasteiger charge is 2.20. The number of halogens is 1. The van der Waals surface area contributed by atoms with Gasteiger partial charge < -0.3 is 10.2 Å². The molecule has 98 valence electrons. The number of benzene rings is 1. The number of aliphatic hydroxyl groups excluding tert-OH is 1. The summed E-state index contributed by atoms with van der Waals surface area (Å²) >= 11 is 4.51. The van der Waals surface area contributed by atoms with E-state index in [1.165, 1.54) is 11.8 Å². The Morgan fingerprint density at radius 2 is 2.11 bits per heavy atom. The lowest BCUT2D eigenvalue weighted by atomic mass is 9.98. The minimum absolute atomic E-state index is 0.0641. The quantitative estimate of drug-likeness (QED) is 0.615. The maximum absolute atomic E-state index is 11.4. The molecule has 0 aliphatic rings. The number of hydrogen-bond acceptors (Lipinski definition) is 4. The number of carbonyl (C=O) groups is 2. The van der Waals surface area contributed by atoms with Crippen LogP contribution < -0.4 is 0 Å². The van der Waals surface area contributed by atoms with Gasteiger partial charge >= 0.3 is 5.97 Å². The van der Waals surface area contributed by atoms with E-state index in [2.05, 4.69) is 15.9 Å². The highest BCUT2D eigenvalue weighted by Crippen LogP contribution is 2.25. The SMILES string of the molecule is CSc1ccc(CC(=O)CBr)c(C(O)C(=O)O)c1. The zero-order valence-corrected chi connectivity index (χ0v) is 12.1. The number of carbonyl (C=O) groups excluding carboxylic acids is 1. The minimum Gasteiger partial charge on any atom is -0.479 e. The van der Waals surface area contributed by atoms with Gasteiger partial charge in [0.1, 0.15) is 5.78 Å². The second kappa shape index (κ2) is 6.92. The monoisotopic (exact) mass is 332 g/mol. The van der Waals surface area contributed by atoms with Crippen LogP contribution in [0.5, 0.6) is 0 Å². The molecule has 1 aromatic carbocycles. The third kappa shape index (κ3) is 3.83. The molecule has 1 unspecified atom stereocenters. The molecule has 0 aliphatic carbocycles. The molecule has 1 rings (SSSR count). The van der Waals surface area contributed by atoms with Crippen LogP contribution in [0.25, 0.3) is 0 Å². The molecule has 1 atom stereocenters. The normalized spacial score (nSPS) is 12.2. The molecule has 18 heavy (non-hydrogen) atoms. The molecule has 0 aromatic heterocycles. The van der Waals surface area contributed by atoms with E-state index < -0.39 is 12.1 Å². The van der Waals surface area contributed by atoms with Crippen molar-refractivity contribution in [1.82, 2.24) is 0 Å². The topological polar surface area (TPSA) is 74.6 Å². The van der Waals surface area contributed by atoms with Crippen LogP contribution >= 0.6 is 27.7 Å². The van der Waals surface area contributed by atoms with E-state index in [0.717, 1.165) is 4.90 Å². The first-order chi connectivity index (χ1) is 8.49. The fraction of sp³-hybridized carbons (Fsp3) is 0.333. The van der Waals surface area contributed by atoms with Crippen molar-refractivity contribution in [2.45, 2.75) is 17.4 Å². The van der Waals surface area contributed by atoms with Gasteiger partial charge in [-0.05, 0) is 29.5 Å². The van der Waals surface area contributed by atoms with Crippen LogP contribution in [0.3, 0.4) is 0 Å². The van der Waals surface area contributed by atoms with E-state index in [0.29, 0.717) is 5.56 Å². The number of rotatable bonds is 6. The van der Waals surface area contributed by atoms with Crippen LogP contribution in [0.2, 0.25) is 0 Å². The number of hydrogen-bond donors (Lipinski definition) is 2. The lowest BCUT2D eigenvalue weighted by molar-refractivity contribution is -0.147. The standard InChI is InChI=1S/C12H13BrO4S/c1-18-9-3-2-7(4-8(14)6-13)10(5-9)11(15)12(16)17/h2-3,5,11,15H,4,6H2,1H3,(H,16,17). The van der Waals surface area contributed by atoms with Crippen LogP contribution in [0.1, 0.15) is 17.2 Å². The average Bonchev–Trinajstić information content (AvgIpc) is 2.38. The van der Waals surface area contributed by atoms with Crippen molar-refractivity contribution < 1.29 is 19.8 Å². The molecule has 6 heteroatoms. The van der Waals surface area contributed by atoms with E-state index in [1.54, 1.807) is 18.2 Å². The number of aliphatic hydroxyl groups is 1. The Morgan fingerprint density at radius 1 is 1.44 bits per heavy atom. The van der Waals surface area contributed by atoms with E-state index in [9.17, 15) is 14.7 Å². The second-order valence-electron chi connectivity index (χ2n) is 3.65. The van der Waals surface area contributed by atoms with Crippen LogP contribution in [-0.4, -0.2) is 33.6 Å². The number of ketones is 1. The fourth-order valence-corrected chi connectivity index (χ4v) is 2.16. The Kier molecular flexibility index (Phi) is 5.84. The number of carboxylic acid groups (broad SMARTS) is 1. The van der Waals surface area contributed by atoms with Crippen molar-refractivity contribution in [1.29, 1.82) is 0 Å². The average molecular weight is 333 g/mol. The number of thioether (sulfide) groups is 1. The van der Waals surface area contributed by atoms with Gasteiger partial charge in [0.15, 0.2) is 6.10 Å². The summed E-state index contributed by atoms with van der Waals surface area (Å²) in [5.74, 6) is -1.38. The van der Waals surface area contributed by atoms with Gasteiger partial charge in [-0.3, -0.25) is 4.79 Å². The highest BCUT2D eigenvalue weighted by atomic mass is 79.9. The third-order valence-electron chi connectivity index (χ3n) is 2.42. The van der Waals surface area contributed by atoms with Gasteiger partial charge in [0.2, 0.25) is 0 Å². The summed E-state index contributed by atoms with van der Waals surface area (Å²) < 4.78 is 0. The molecular weight excluding hydrogens is 320 g/mol. The van der Waals surface area contributed by atoms with Gasteiger partial charge in [0.05, 0.1) is 5.33 Å². The molecule has 0 fully saturated rings. The first kappa shape index (κ1) is 15.2. The molecule has 0 saturated carbocycles.